The molecular formula is C14H12Cl2FNO2S. The minimum atomic E-state index is -3.74. The van der Waals surface area contributed by atoms with Gasteiger partial charge in [0.25, 0.3) is 0 Å². The first-order chi connectivity index (χ1) is 9.79. The fourth-order valence-corrected chi connectivity index (χ4v) is 3.06. The van der Waals surface area contributed by atoms with Crippen LogP contribution in [0.1, 0.15) is 11.1 Å². The van der Waals surface area contributed by atoms with Crippen molar-refractivity contribution in [2.45, 2.75) is 18.4 Å². The van der Waals surface area contributed by atoms with Crippen LogP contribution >= 0.6 is 23.2 Å². The van der Waals surface area contributed by atoms with Gasteiger partial charge in [-0.05, 0) is 42.3 Å². The maximum Gasteiger partial charge on any atom is 0.240 e. The number of nitrogens with one attached hydrogen (secondary N) is 1. The number of rotatable bonds is 4. The largest absolute Gasteiger partial charge is 0.240 e. The molecule has 112 valence electrons. The van der Waals surface area contributed by atoms with Crippen LogP contribution in [0, 0.1) is 12.7 Å². The molecule has 0 radical (unpaired) electrons. The van der Waals surface area contributed by atoms with Gasteiger partial charge < -0.3 is 0 Å². The van der Waals surface area contributed by atoms with Gasteiger partial charge in [-0.3, -0.25) is 0 Å². The van der Waals surface area contributed by atoms with Crippen LogP contribution in [-0.2, 0) is 16.6 Å². The number of aryl methyl sites for hydroxylation is 1. The standard InChI is InChI=1S/C14H12Cl2FNO2S/c1-9-2-3-10(6-14(9)17)8-18-21(19,20)11-4-5-12(15)13(16)7-11/h2-7,18H,8H2,1H3. The zero-order valence-corrected chi connectivity index (χ0v) is 13.4. The van der Waals surface area contributed by atoms with Crippen LogP contribution in [0.15, 0.2) is 41.3 Å². The molecule has 21 heavy (non-hydrogen) atoms. The van der Waals surface area contributed by atoms with Gasteiger partial charge in [-0.15, -0.1) is 0 Å². The summed E-state index contributed by atoms with van der Waals surface area (Å²) in [5.74, 6) is -0.374. The summed E-state index contributed by atoms with van der Waals surface area (Å²) in [6.07, 6.45) is 0. The van der Waals surface area contributed by atoms with Crippen LogP contribution in [0.3, 0.4) is 0 Å². The molecule has 0 saturated carbocycles. The van der Waals surface area contributed by atoms with E-state index in [0.717, 1.165) is 0 Å². The van der Waals surface area contributed by atoms with E-state index in [1.165, 1.54) is 24.3 Å². The van der Waals surface area contributed by atoms with Crippen molar-refractivity contribution >= 4 is 33.2 Å². The molecule has 7 heteroatoms. The smallest absolute Gasteiger partial charge is 0.207 e. The predicted octanol–water partition coefficient (Wildman–Crippen LogP) is 3.92. The number of halogens is 3. The SMILES string of the molecule is Cc1ccc(CNS(=O)(=O)c2ccc(Cl)c(Cl)c2)cc1F. The quantitative estimate of drug-likeness (QED) is 0.910. The van der Waals surface area contributed by atoms with E-state index in [0.29, 0.717) is 11.1 Å². The highest BCUT2D eigenvalue weighted by Gasteiger charge is 2.15. The van der Waals surface area contributed by atoms with Crippen LogP contribution in [0.2, 0.25) is 10.0 Å². The average Bonchev–Trinajstić information content (AvgIpc) is 2.43. The van der Waals surface area contributed by atoms with E-state index < -0.39 is 10.0 Å². The van der Waals surface area contributed by atoms with Crippen molar-refractivity contribution in [3.63, 3.8) is 0 Å². The zero-order valence-electron chi connectivity index (χ0n) is 11.0. The Bertz CT molecular complexity index is 779. The lowest BCUT2D eigenvalue weighted by Crippen LogP contribution is -2.23. The Hall–Kier alpha value is -1.14. The van der Waals surface area contributed by atoms with E-state index in [1.54, 1.807) is 19.1 Å². The molecule has 0 saturated heterocycles. The molecule has 0 aromatic heterocycles. The van der Waals surface area contributed by atoms with Gasteiger partial charge in [0.1, 0.15) is 5.82 Å². The zero-order chi connectivity index (χ0) is 15.6. The summed E-state index contributed by atoms with van der Waals surface area (Å²) in [7, 11) is -3.74. The molecule has 0 aliphatic heterocycles. The molecule has 0 aliphatic rings. The topological polar surface area (TPSA) is 46.2 Å². The summed E-state index contributed by atoms with van der Waals surface area (Å²) in [4.78, 5) is 0.00415. The van der Waals surface area contributed by atoms with Gasteiger partial charge >= 0.3 is 0 Å². The van der Waals surface area contributed by atoms with E-state index in [9.17, 15) is 12.8 Å². The van der Waals surface area contributed by atoms with Crippen LogP contribution in [0.5, 0.6) is 0 Å². The van der Waals surface area contributed by atoms with Gasteiger partial charge in [0.05, 0.1) is 14.9 Å². The second-order valence-corrected chi connectivity index (χ2v) is 7.07. The summed E-state index contributed by atoms with van der Waals surface area (Å²) in [6, 6.07) is 8.58. The van der Waals surface area contributed by atoms with Crippen LogP contribution < -0.4 is 4.72 Å². The Morgan fingerprint density at radius 2 is 1.81 bits per heavy atom. The third-order valence-corrected chi connectivity index (χ3v) is 5.04. The summed E-state index contributed by atoms with van der Waals surface area (Å²) in [6.45, 7) is 1.62. The molecule has 0 amide bonds. The maximum atomic E-state index is 13.4. The van der Waals surface area contributed by atoms with Crippen LogP contribution in [0.4, 0.5) is 4.39 Å². The molecule has 0 atom stereocenters. The van der Waals surface area contributed by atoms with Crippen LogP contribution in [-0.4, -0.2) is 8.42 Å². The minimum Gasteiger partial charge on any atom is -0.207 e. The maximum absolute atomic E-state index is 13.4. The Kier molecular flexibility index (Phi) is 4.88. The third-order valence-electron chi connectivity index (χ3n) is 2.90. The molecule has 0 spiro atoms. The Morgan fingerprint density at radius 3 is 2.43 bits per heavy atom. The summed E-state index contributed by atoms with van der Waals surface area (Å²) in [5.41, 5.74) is 1.04. The second kappa shape index (κ2) is 6.32. The van der Waals surface area contributed by atoms with E-state index >= 15 is 0 Å². The van der Waals surface area contributed by atoms with Gasteiger partial charge in [-0.1, -0.05) is 35.3 Å². The molecule has 2 aromatic rings. The van der Waals surface area contributed by atoms with Crippen molar-refractivity contribution in [2.24, 2.45) is 0 Å². The highest BCUT2D eigenvalue weighted by molar-refractivity contribution is 7.89. The first-order valence-corrected chi connectivity index (χ1v) is 8.23. The van der Waals surface area contributed by atoms with Gasteiger partial charge in [-0.25, -0.2) is 17.5 Å². The molecule has 0 bridgehead atoms. The van der Waals surface area contributed by atoms with E-state index in [1.807, 2.05) is 0 Å². The molecule has 2 rings (SSSR count). The van der Waals surface area contributed by atoms with Crippen molar-refractivity contribution in [3.8, 4) is 0 Å². The Morgan fingerprint density at radius 1 is 1.10 bits per heavy atom. The molecule has 3 nitrogen and oxygen atoms in total. The highest BCUT2D eigenvalue weighted by atomic mass is 35.5. The van der Waals surface area contributed by atoms with Gasteiger partial charge in [0, 0.05) is 6.54 Å². The molecule has 0 aliphatic carbocycles. The fraction of sp³-hybridized carbons (Fsp3) is 0.143. The molecule has 0 heterocycles. The fourth-order valence-electron chi connectivity index (χ4n) is 1.65. The van der Waals surface area contributed by atoms with Gasteiger partial charge in [0.15, 0.2) is 0 Å². The minimum absolute atomic E-state index is 0.00415. The molecular weight excluding hydrogens is 336 g/mol. The molecule has 1 N–H and O–H groups in total. The predicted molar refractivity (Wildman–Crippen MR) is 81.6 cm³/mol. The number of hydrogen-bond donors (Lipinski definition) is 1. The first-order valence-electron chi connectivity index (χ1n) is 5.99. The van der Waals surface area contributed by atoms with E-state index in [2.05, 4.69) is 4.72 Å². The van der Waals surface area contributed by atoms with Gasteiger partial charge in [0.2, 0.25) is 10.0 Å². The lowest BCUT2D eigenvalue weighted by molar-refractivity contribution is 0.580. The third kappa shape index (κ3) is 3.95. The van der Waals surface area contributed by atoms with Crippen molar-refractivity contribution in [2.75, 3.05) is 0 Å². The van der Waals surface area contributed by atoms with Crippen molar-refractivity contribution in [1.29, 1.82) is 0 Å². The normalized spacial score (nSPS) is 11.6. The van der Waals surface area contributed by atoms with Crippen molar-refractivity contribution in [3.05, 3.63) is 63.4 Å². The first kappa shape index (κ1) is 16.2. The lowest BCUT2D eigenvalue weighted by atomic mass is 10.1. The number of hydrogen-bond acceptors (Lipinski definition) is 2. The van der Waals surface area contributed by atoms with E-state index in [4.69, 9.17) is 23.2 Å². The molecule has 0 unspecified atom stereocenters. The summed E-state index contributed by atoms with van der Waals surface area (Å²) in [5, 5.41) is 0.428. The van der Waals surface area contributed by atoms with E-state index in [-0.39, 0.29) is 27.3 Å². The Balaban J connectivity index is 2.17. The second-order valence-electron chi connectivity index (χ2n) is 4.48. The number of sulfonamides is 1. The monoisotopic (exact) mass is 347 g/mol. The molecule has 2 aromatic carbocycles. The summed E-state index contributed by atoms with van der Waals surface area (Å²) < 4.78 is 40.0. The average molecular weight is 348 g/mol. The van der Waals surface area contributed by atoms with Gasteiger partial charge in [-0.2, -0.15) is 0 Å². The van der Waals surface area contributed by atoms with Crippen molar-refractivity contribution in [1.82, 2.24) is 4.72 Å². The Labute approximate surface area is 132 Å². The summed E-state index contributed by atoms with van der Waals surface area (Å²) >= 11 is 11.5. The molecule has 0 fully saturated rings. The highest BCUT2D eigenvalue weighted by Crippen LogP contribution is 2.24. The van der Waals surface area contributed by atoms with Crippen molar-refractivity contribution < 1.29 is 12.8 Å². The van der Waals surface area contributed by atoms with Crippen LogP contribution in [0.25, 0.3) is 0 Å². The lowest BCUT2D eigenvalue weighted by Gasteiger charge is -2.08. The number of benzene rings is 2.